The van der Waals surface area contributed by atoms with Gasteiger partial charge in [-0.25, -0.2) is 4.58 Å². The van der Waals surface area contributed by atoms with E-state index in [-0.39, 0.29) is 35.3 Å². The van der Waals surface area contributed by atoms with Gasteiger partial charge < -0.3 is 34.9 Å². The van der Waals surface area contributed by atoms with E-state index in [0.29, 0.717) is 59.0 Å². The molecule has 5 aliphatic heterocycles. The van der Waals surface area contributed by atoms with E-state index >= 15 is 0 Å². The number of nitrogens with zero attached hydrogens (tertiary/aromatic N) is 3. The number of benzene rings is 5. The number of fused-ring (bicyclic) bond motifs is 5. The number of amides is 2. The van der Waals surface area contributed by atoms with Crippen LogP contribution in [0.3, 0.4) is 0 Å². The molecule has 13 heteroatoms. The first-order valence-corrected chi connectivity index (χ1v) is 25.3. The molecule has 0 atom stereocenters. The van der Waals surface area contributed by atoms with Gasteiger partial charge in [0, 0.05) is 105 Å². The van der Waals surface area contributed by atoms with Crippen LogP contribution in [0.2, 0.25) is 5.02 Å². The second kappa shape index (κ2) is 18.8. The number of rotatable bonds is 13. The molecule has 0 spiro atoms. The van der Waals surface area contributed by atoms with Gasteiger partial charge in [-0.15, -0.1) is 0 Å². The summed E-state index contributed by atoms with van der Waals surface area (Å²) >= 11 is 6.09. The number of hydrogen-bond donors (Lipinski definition) is 2. The van der Waals surface area contributed by atoms with Crippen molar-refractivity contribution < 1.29 is 33.8 Å². The summed E-state index contributed by atoms with van der Waals surface area (Å²) < 4.78 is 16.8. The average Bonchev–Trinajstić information content (AvgIpc) is 3.64. The minimum absolute atomic E-state index is 0.0229. The van der Waals surface area contributed by atoms with Crippen molar-refractivity contribution in [3.05, 3.63) is 150 Å². The number of carboxylic acids is 1. The molecule has 0 radical (unpaired) electrons. The lowest BCUT2D eigenvalue weighted by Gasteiger charge is -2.39. The van der Waals surface area contributed by atoms with Crippen molar-refractivity contribution in [2.45, 2.75) is 84.0 Å². The molecule has 5 aliphatic rings. The van der Waals surface area contributed by atoms with Crippen LogP contribution in [0, 0.1) is 6.92 Å². The molecule has 2 N–H and O–H groups in total. The molecule has 2 amide bonds. The van der Waals surface area contributed by atoms with Crippen LogP contribution in [-0.4, -0.2) is 74.6 Å². The molecule has 12 nitrogen and oxygen atoms in total. The normalized spacial score (nSPS) is 15.3. The first-order valence-electron chi connectivity index (χ1n) is 24.9. The minimum Gasteiger partial charge on any atom is -0.545 e. The largest absolute Gasteiger partial charge is 0.545 e. The maximum atomic E-state index is 13.7. The first kappa shape index (κ1) is 45.5. The molecule has 0 bridgehead atoms. The number of carbonyl (C=O) groups is 4. The van der Waals surface area contributed by atoms with E-state index in [9.17, 15) is 24.3 Å². The third kappa shape index (κ3) is 8.09. The van der Waals surface area contributed by atoms with Gasteiger partial charge in [-0.3, -0.25) is 19.0 Å². The number of hydrogen-bond acceptors (Lipinski definition) is 8. The van der Waals surface area contributed by atoms with Gasteiger partial charge in [0.1, 0.15) is 30.3 Å². The van der Waals surface area contributed by atoms with E-state index in [4.69, 9.17) is 21.1 Å². The number of aryl methyl sites for hydroxylation is 2. The van der Waals surface area contributed by atoms with E-state index in [1.807, 2.05) is 19.1 Å². The smallest absolute Gasteiger partial charge is 0.262 e. The number of carbonyl (C=O) groups excluding carboxylic acids is 4. The first-order chi connectivity index (χ1) is 34.1. The molecule has 358 valence electrons. The zero-order valence-electron chi connectivity index (χ0n) is 39.7. The van der Waals surface area contributed by atoms with E-state index in [0.717, 1.165) is 123 Å². The second-order valence-corrected chi connectivity index (χ2v) is 19.8. The molecular weight excluding hydrogens is 902 g/mol. The van der Waals surface area contributed by atoms with E-state index in [1.54, 1.807) is 54.1 Å². The number of anilines is 1. The van der Waals surface area contributed by atoms with Gasteiger partial charge in [0.2, 0.25) is 11.3 Å². The van der Waals surface area contributed by atoms with Crippen LogP contribution in [0.15, 0.2) is 72.8 Å². The molecule has 1 aromatic heterocycles. The van der Waals surface area contributed by atoms with E-state index in [2.05, 4.69) is 32.2 Å². The molecule has 0 unspecified atom stereocenters. The Kier molecular flexibility index (Phi) is 12.2. The zero-order chi connectivity index (χ0) is 48.2. The summed E-state index contributed by atoms with van der Waals surface area (Å²) in [4.78, 5) is 56.4. The third-order valence-electron chi connectivity index (χ3n) is 15.1. The van der Waals surface area contributed by atoms with Crippen LogP contribution >= 0.6 is 11.6 Å². The molecule has 0 saturated carbocycles. The number of unbranched alkanes of at least 4 members (excludes halogenated alkanes) is 2. The summed E-state index contributed by atoms with van der Waals surface area (Å²) in [5.74, 6) is 0.211. The number of ether oxygens (including phenoxy) is 2. The Morgan fingerprint density at radius 1 is 0.771 bits per heavy atom. The Bertz CT molecular complexity index is 3310. The molecule has 70 heavy (non-hydrogen) atoms. The lowest BCUT2D eigenvalue weighted by atomic mass is 9.81. The van der Waals surface area contributed by atoms with Crippen molar-refractivity contribution in [3.63, 3.8) is 0 Å². The maximum absolute atomic E-state index is 13.7. The van der Waals surface area contributed by atoms with Crippen molar-refractivity contribution in [2.75, 3.05) is 51.3 Å². The number of aromatic nitrogens is 1. The van der Waals surface area contributed by atoms with Gasteiger partial charge in [-0.05, 0) is 148 Å². The predicted octanol–water partition coefficient (Wildman–Crippen LogP) is 6.36. The molecule has 5 aromatic carbocycles. The number of nitrogens with one attached hydrogen (secondary N) is 2. The summed E-state index contributed by atoms with van der Waals surface area (Å²) in [6, 6.07) is 21.7. The van der Waals surface area contributed by atoms with Gasteiger partial charge in [-0.2, -0.15) is 0 Å². The fourth-order valence-electron chi connectivity index (χ4n) is 11.9. The van der Waals surface area contributed by atoms with Gasteiger partial charge in [0.15, 0.2) is 0 Å². The quantitative estimate of drug-likeness (QED) is 0.101. The summed E-state index contributed by atoms with van der Waals surface area (Å²) in [5, 5.41) is 22.7. The Labute approximate surface area is 411 Å². The fourth-order valence-corrected chi connectivity index (χ4v) is 12.0. The van der Waals surface area contributed by atoms with Crippen LogP contribution in [0.5, 0.6) is 17.2 Å². The highest BCUT2D eigenvalue weighted by Crippen LogP contribution is 2.49. The van der Waals surface area contributed by atoms with Crippen molar-refractivity contribution in [1.82, 2.24) is 19.8 Å². The molecule has 11 rings (SSSR count). The highest BCUT2D eigenvalue weighted by atomic mass is 35.5. The van der Waals surface area contributed by atoms with Gasteiger partial charge >= 0.3 is 0 Å². The minimum atomic E-state index is -1.34. The van der Waals surface area contributed by atoms with E-state index < -0.39 is 5.97 Å². The standard InChI is InChI=1S/C57H56ClN5O7/c1-33-43(44-31-39(69-2)19-21-48(44)63(33)56(66)34-14-17-38(58)18-15-34)32-49(64)59-22-4-3-5-23-60-55(65)37-16-20-40(45(30-37)57(67)68)50-46-28-35-10-6-24-61-26-8-12-41(51(35)61)53(46)70-54-42-13-9-27-62-25-7-11-36(52(42)62)29-47(50)54/h14-21,28-31H,3-13,22-27,32H2,1-2H3,(H2-,59,60,64,65,67,68). The Hall–Kier alpha value is -6.92. The molecule has 0 aliphatic carbocycles. The predicted molar refractivity (Wildman–Crippen MR) is 268 cm³/mol. The van der Waals surface area contributed by atoms with Crippen molar-refractivity contribution >= 4 is 57.5 Å². The van der Waals surface area contributed by atoms with E-state index in [1.165, 1.54) is 39.4 Å². The molecule has 0 fully saturated rings. The van der Waals surface area contributed by atoms with Crippen LogP contribution < -0.4 is 45.3 Å². The highest BCUT2D eigenvalue weighted by Gasteiger charge is 2.36. The van der Waals surface area contributed by atoms with Crippen LogP contribution in [0.25, 0.3) is 16.5 Å². The number of halogens is 1. The number of aromatic carboxylic acids is 1. The number of methoxy groups -OCH3 is 1. The zero-order valence-corrected chi connectivity index (χ0v) is 40.5. The van der Waals surface area contributed by atoms with Crippen molar-refractivity contribution in [3.8, 4) is 17.2 Å². The summed E-state index contributed by atoms with van der Waals surface area (Å²) in [6.45, 7) is 6.77. The summed E-state index contributed by atoms with van der Waals surface area (Å²) in [6.07, 6.45) is 10.1. The number of carboxylic acid groups (broad SMARTS) is 1. The topological polar surface area (TPSA) is 145 Å². The van der Waals surface area contributed by atoms with Crippen molar-refractivity contribution in [1.29, 1.82) is 0 Å². The van der Waals surface area contributed by atoms with Crippen LogP contribution in [0.1, 0.15) is 121 Å². The van der Waals surface area contributed by atoms with Crippen LogP contribution in [0.4, 0.5) is 5.69 Å². The van der Waals surface area contributed by atoms with Crippen LogP contribution in [-0.2, 0) is 36.9 Å². The van der Waals surface area contributed by atoms with Gasteiger partial charge in [0.05, 0.1) is 30.6 Å². The summed E-state index contributed by atoms with van der Waals surface area (Å²) in [7, 11) is 1.58. The fraction of sp³-hybridized carbons (Fsp3) is 0.351. The Balaban J connectivity index is 0.785. The Morgan fingerprint density at radius 3 is 2.29 bits per heavy atom. The van der Waals surface area contributed by atoms with Crippen molar-refractivity contribution in [2.24, 2.45) is 0 Å². The lowest BCUT2D eigenvalue weighted by molar-refractivity contribution is -0.255. The molecule has 0 saturated heterocycles. The molecular formula is C57H56ClN5O7. The highest BCUT2D eigenvalue weighted by molar-refractivity contribution is 6.30. The SMILES string of the molecule is COc1ccc2c(c1)c(CC(=O)NCCCCCNC(=O)c1ccc(C3=c4cc5c6c(c4Oc4c3cc3c7c4CCCN7CCC3)CCC[N+]=6CCC5)c(C(=O)[O-])c1)c(C)n2C(=O)c1ccc(Cl)cc1. The Morgan fingerprint density at radius 2 is 1.50 bits per heavy atom. The average molecular weight is 959 g/mol. The third-order valence-corrected chi connectivity index (χ3v) is 15.3. The molecule has 6 heterocycles. The monoisotopic (exact) mass is 957 g/mol. The van der Waals surface area contributed by atoms with Gasteiger partial charge in [-0.1, -0.05) is 17.7 Å². The lowest BCUT2D eigenvalue weighted by Crippen LogP contribution is -2.45. The summed E-state index contributed by atoms with van der Waals surface area (Å²) in [5.41, 5.74) is 11.4. The maximum Gasteiger partial charge on any atom is 0.262 e. The van der Waals surface area contributed by atoms with Gasteiger partial charge in [0.25, 0.3) is 11.8 Å². The second-order valence-electron chi connectivity index (χ2n) is 19.3. The molecule has 6 aromatic rings.